The van der Waals surface area contributed by atoms with E-state index in [0.717, 1.165) is 6.42 Å². The monoisotopic (exact) mass is 303 g/mol. The Morgan fingerprint density at radius 1 is 1.18 bits per heavy atom. The number of imide groups is 1. The molecule has 0 bridgehead atoms. The highest BCUT2D eigenvalue weighted by molar-refractivity contribution is 6.06. The van der Waals surface area contributed by atoms with Gasteiger partial charge in [-0.1, -0.05) is 31.9 Å². The van der Waals surface area contributed by atoms with E-state index < -0.39 is 18.0 Å². The van der Waals surface area contributed by atoms with Crippen LogP contribution in [0.15, 0.2) is 24.3 Å². The predicted molar refractivity (Wildman–Crippen MR) is 83.4 cm³/mol. The summed E-state index contributed by atoms with van der Waals surface area (Å²) in [6.07, 6.45) is 4.54. The lowest BCUT2D eigenvalue weighted by atomic mass is 10.1. The van der Waals surface area contributed by atoms with Gasteiger partial charge in [0.1, 0.15) is 6.04 Å². The van der Waals surface area contributed by atoms with Gasteiger partial charge in [-0.05, 0) is 30.5 Å². The lowest BCUT2D eigenvalue weighted by Gasteiger charge is -2.09. The standard InChI is InChI=1S/C16H21N3O3/c1-2-3-4-5-11-6-8-12(9-7-11)17-14(20)10-13-15(21)19-16(22)18-13/h6-9,13H,2-5,10H2,1H3,(H,17,20)(H2,18,19,21,22)/t13-/m0/s1. The number of carbonyl (C=O) groups is 3. The lowest BCUT2D eigenvalue weighted by Crippen LogP contribution is -2.33. The van der Waals surface area contributed by atoms with Crippen molar-refractivity contribution < 1.29 is 14.4 Å². The Morgan fingerprint density at radius 2 is 1.91 bits per heavy atom. The third-order valence-electron chi connectivity index (χ3n) is 3.55. The molecule has 118 valence electrons. The fraction of sp³-hybridized carbons (Fsp3) is 0.438. The number of hydrogen-bond acceptors (Lipinski definition) is 3. The summed E-state index contributed by atoms with van der Waals surface area (Å²) >= 11 is 0. The molecule has 0 spiro atoms. The minimum atomic E-state index is -0.791. The van der Waals surface area contributed by atoms with Crippen molar-refractivity contribution in [2.45, 2.75) is 45.1 Å². The van der Waals surface area contributed by atoms with E-state index in [1.165, 1.54) is 24.8 Å². The van der Waals surface area contributed by atoms with E-state index in [2.05, 4.69) is 22.9 Å². The number of urea groups is 1. The van der Waals surface area contributed by atoms with Crippen LogP contribution in [0.25, 0.3) is 0 Å². The Bertz CT molecular complexity index is 554. The average Bonchev–Trinajstić information content (AvgIpc) is 2.79. The van der Waals surface area contributed by atoms with Crippen molar-refractivity contribution in [1.29, 1.82) is 0 Å². The second-order valence-electron chi connectivity index (χ2n) is 5.42. The Labute approximate surface area is 129 Å². The quantitative estimate of drug-likeness (QED) is 0.531. The van der Waals surface area contributed by atoms with Crippen molar-refractivity contribution >= 4 is 23.5 Å². The Morgan fingerprint density at radius 3 is 2.50 bits per heavy atom. The molecule has 0 aliphatic carbocycles. The SMILES string of the molecule is CCCCCc1ccc(NC(=O)C[C@@H]2NC(=O)NC2=O)cc1. The molecule has 0 saturated carbocycles. The zero-order valence-electron chi connectivity index (χ0n) is 12.6. The summed E-state index contributed by atoms with van der Waals surface area (Å²) in [4.78, 5) is 34.2. The molecule has 3 N–H and O–H groups in total. The van der Waals surface area contributed by atoms with Gasteiger partial charge in [0, 0.05) is 5.69 Å². The van der Waals surface area contributed by atoms with Crippen molar-refractivity contribution in [3.8, 4) is 0 Å². The molecule has 22 heavy (non-hydrogen) atoms. The van der Waals surface area contributed by atoms with Gasteiger partial charge in [-0.15, -0.1) is 0 Å². The predicted octanol–water partition coefficient (Wildman–Crippen LogP) is 1.96. The number of amides is 4. The van der Waals surface area contributed by atoms with E-state index in [0.29, 0.717) is 5.69 Å². The molecule has 1 aromatic carbocycles. The average molecular weight is 303 g/mol. The molecule has 1 atom stereocenters. The summed E-state index contributed by atoms with van der Waals surface area (Å²) in [6, 6.07) is 6.35. The van der Waals surface area contributed by atoms with Crippen LogP contribution in [0, 0.1) is 0 Å². The van der Waals surface area contributed by atoms with Crippen molar-refractivity contribution in [3.63, 3.8) is 0 Å². The van der Waals surface area contributed by atoms with Crippen molar-refractivity contribution in [2.24, 2.45) is 0 Å². The fourth-order valence-corrected chi connectivity index (χ4v) is 2.33. The second kappa shape index (κ2) is 7.59. The van der Waals surface area contributed by atoms with Gasteiger partial charge in [-0.3, -0.25) is 14.9 Å². The molecule has 4 amide bonds. The smallest absolute Gasteiger partial charge is 0.322 e. The molecule has 0 aromatic heterocycles. The van der Waals surface area contributed by atoms with E-state index in [9.17, 15) is 14.4 Å². The van der Waals surface area contributed by atoms with E-state index >= 15 is 0 Å². The Balaban J connectivity index is 1.81. The summed E-state index contributed by atoms with van der Waals surface area (Å²) in [5, 5.41) is 7.23. The molecule has 1 saturated heterocycles. The number of rotatable bonds is 7. The van der Waals surface area contributed by atoms with Crippen molar-refractivity contribution in [2.75, 3.05) is 5.32 Å². The highest BCUT2D eigenvalue weighted by atomic mass is 16.2. The first kappa shape index (κ1) is 16.0. The first-order valence-corrected chi connectivity index (χ1v) is 7.58. The minimum absolute atomic E-state index is 0.0736. The van der Waals surface area contributed by atoms with Gasteiger partial charge in [0.25, 0.3) is 5.91 Å². The Hall–Kier alpha value is -2.37. The number of hydrogen-bond donors (Lipinski definition) is 3. The second-order valence-corrected chi connectivity index (χ2v) is 5.42. The summed E-state index contributed by atoms with van der Waals surface area (Å²) < 4.78 is 0. The maximum atomic E-state index is 11.9. The zero-order chi connectivity index (χ0) is 15.9. The van der Waals surface area contributed by atoms with Crippen LogP contribution in [0.2, 0.25) is 0 Å². The fourth-order valence-electron chi connectivity index (χ4n) is 2.33. The van der Waals surface area contributed by atoms with Gasteiger partial charge >= 0.3 is 6.03 Å². The largest absolute Gasteiger partial charge is 0.326 e. The van der Waals surface area contributed by atoms with Crippen molar-refractivity contribution in [3.05, 3.63) is 29.8 Å². The van der Waals surface area contributed by atoms with Crippen LogP contribution in [-0.2, 0) is 16.0 Å². The third kappa shape index (κ3) is 4.58. The van der Waals surface area contributed by atoms with Gasteiger partial charge in [-0.25, -0.2) is 4.79 Å². The van der Waals surface area contributed by atoms with E-state index in [1.54, 1.807) is 0 Å². The maximum Gasteiger partial charge on any atom is 0.322 e. The van der Waals surface area contributed by atoms with Crippen LogP contribution in [0.3, 0.4) is 0 Å². The van der Waals surface area contributed by atoms with Crippen LogP contribution in [-0.4, -0.2) is 23.9 Å². The molecule has 1 aliphatic heterocycles. The van der Waals surface area contributed by atoms with E-state index in [1.807, 2.05) is 24.3 Å². The molecule has 1 fully saturated rings. The number of carbonyl (C=O) groups excluding carboxylic acids is 3. The summed E-state index contributed by atoms with van der Waals surface area (Å²) in [5.41, 5.74) is 1.93. The molecule has 2 rings (SSSR count). The van der Waals surface area contributed by atoms with Crippen LogP contribution in [0.1, 0.15) is 38.2 Å². The highest BCUT2D eigenvalue weighted by Gasteiger charge is 2.31. The van der Waals surface area contributed by atoms with E-state index in [4.69, 9.17) is 0 Å². The molecule has 1 aromatic rings. The van der Waals surface area contributed by atoms with Gasteiger partial charge in [-0.2, -0.15) is 0 Å². The number of anilines is 1. The van der Waals surface area contributed by atoms with Crippen LogP contribution < -0.4 is 16.0 Å². The topological polar surface area (TPSA) is 87.3 Å². The van der Waals surface area contributed by atoms with Gasteiger partial charge in [0.05, 0.1) is 6.42 Å². The highest BCUT2D eigenvalue weighted by Crippen LogP contribution is 2.13. The Kier molecular flexibility index (Phi) is 5.52. The lowest BCUT2D eigenvalue weighted by molar-refractivity contribution is -0.124. The molecule has 6 heteroatoms. The normalized spacial score (nSPS) is 17.0. The summed E-state index contributed by atoms with van der Waals surface area (Å²) in [5.74, 6) is -0.771. The first-order valence-electron chi connectivity index (χ1n) is 7.58. The van der Waals surface area contributed by atoms with Gasteiger partial charge in [0.2, 0.25) is 5.91 Å². The van der Waals surface area contributed by atoms with Gasteiger partial charge in [0.15, 0.2) is 0 Å². The number of nitrogens with one attached hydrogen (secondary N) is 3. The van der Waals surface area contributed by atoms with Crippen molar-refractivity contribution in [1.82, 2.24) is 10.6 Å². The van der Waals surface area contributed by atoms with E-state index in [-0.39, 0.29) is 12.3 Å². The third-order valence-corrected chi connectivity index (χ3v) is 3.55. The maximum absolute atomic E-state index is 11.9. The number of unbranched alkanes of at least 4 members (excludes halogenated alkanes) is 2. The molecular formula is C16H21N3O3. The van der Waals surface area contributed by atoms with Crippen LogP contribution in [0.5, 0.6) is 0 Å². The molecule has 1 heterocycles. The summed E-state index contributed by atoms with van der Waals surface area (Å²) in [7, 11) is 0. The molecule has 6 nitrogen and oxygen atoms in total. The number of benzene rings is 1. The number of aryl methyl sites for hydroxylation is 1. The minimum Gasteiger partial charge on any atom is -0.326 e. The molecule has 0 radical (unpaired) electrons. The first-order chi connectivity index (χ1) is 10.6. The summed E-state index contributed by atoms with van der Waals surface area (Å²) in [6.45, 7) is 2.17. The van der Waals surface area contributed by atoms with Crippen LogP contribution in [0.4, 0.5) is 10.5 Å². The van der Waals surface area contributed by atoms with Gasteiger partial charge < -0.3 is 10.6 Å². The molecule has 1 aliphatic rings. The van der Waals surface area contributed by atoms with Crippen LogP contribution >= 0.6 is 0 Å². The molecular weight excluding hydrogens is 282 g/mol. The molecule has 0 unspecified atom stereocenters. The zero-order valence-corrected chi connectivity index (χ0v) is 12.6.